The smallest absolute Gasteiger partial charge is 0.271 e. The van der Waals surface area contributed by atoms with Crippen LogP contribution in [0.25, 0.3) is 0 Å². The molecule has 0 aromatic carbocycles. The third-order valence-electron chi connectivity index (χ3n) is 1.61. The standard InChI is InChI=1S/C8H12F2N2/c1-6-3-7(8(2,9)10)5-12-11-4-6/h3,5,11-12H,4H2,1-2H3. The molecule has 68 valence electrons. The molecule has 0 radical (unpaired) electrons. The second kappa shape index (κ2) is 3.23. The highest BCUT2D eigenvalue weighted by Gasteiger charge is 2.26. The van der Waals surface area contributed by atoms with Crippen LogP contribution in [0, 0.1) is 0 Å². The highest BCUT2D eigenvalue weighted by molar-refractivity contribution is 5.29. The van der Waals surface area contributed by atoms with Gasteiger partial charge in [-0.05, 0) is 6.92 Å². The Morgan fingerprint density at radius 1 is 1.50 bits per heavy atom. The SMILES string of the molecule is CC1=CC(C(C)(F)F)=CNNC1. The van der Waals surface area contributed by atoms with Crippen molar-refractivity contribution in [2.45, 2.75) is 19.8 Å². The number of hydrogen-bond donors (Lipinski definition) is 2. The highest BCUT2D eigenvalue weighted by atomic mass is 19.3. The van der Waals surface area contributed by atoms with Crippen LogP contribution < -0.4 is 10.9 Å². The van der Waals surface area contributed by atoms with Gasteiger partial charge in [-0.1, -0.05) is 11.6 Å². The molecule has 1 aliphatic heterocycles. The van der Waals surface area contributed by atoms with E-state index in [0.29, 0.717) is 6.54 Å². The van der Waals surface area contributed by atoms with Gasteiger partial charge >= 0.3 is 0 Å². The Bertz CT molecular complexity index is 226. The van der Waals surface area contributed by atoms with Crippen LogP contribution in [0.15, 0.2) is 23.4 Å². The second-order valence-electron chi connectivity index (χ2n) is 2.98. The zero-order valence-electron chi connectivity index (χ0n) is 7.12. The number of allylic oxidation sites excluding steroid dienone is 2. The van der Waals surface area contributed by atoms with Crippen molar-refractivity contribution in [3.05, 3.63) is 23.4 Å². The van der Waals surface area contributed by atoms with E-state index in [1.807, 2.05) is 0 Å². The van der Waals surface area contributed by atoms with Gasteiger partial charge in [0.15, 0.2) is 0 Å². The second-order valence-corrected chi connectivity index (χ2v) is 2.98. The summed E-state index contributed by atoms with van der Waals surface area (Å²) in [7, 11) is 0. The number of nitrogens with one attached hydrogen (secondary N) is 2. The molecule has 1 heterocycles. The maximum absolute atomic E-state index is 12.8. The van der Waals surface area contributed by atoms with E-state index in [1.165, 1.54) is 12.3 Å². The van der Waals surface area contributed by atoms with Gasteiger partial charge in [0.25, 0.3) is 5.92 Å². The molecule has 4 heteroatoms. The topological polar surface area (TPSA) is 24.1 Å². The van der Waals surface area contributed by atoms with E-state index in [4.69, 9.17) is 0 Å². The molecule has 12 heavy (non-hydrogen) atoms. The Labute approximate surface area is 70.3 Å². The van der Waals surface area contributed by atoms with Crippen molar-refractivity contribution >= 4 is 0 Å². The lowest BCUT2D eigenvalue weighted by Crippen LogP contribution is -2.27. The van der Waals surface area contributed by atoms with E-state index in [9.17, 15) is 8.78 Å². The van der Waals surface area contributed by atoms with Gasteiger partial charge < -0.3 is 5.43 Å². The Morgan fingerprint density at radius 2 is 2.17 bits per heavy atom. The average molecular weight is 174 g/mol. The lowest BCUT2D eigenvalue weighted by atomic mass is 10.1. The van der Waals surface area contributed by atoms with Crippen molar-refractivity contribution in [1.29, 1.82) is 0 Å². The molecule has 0 saturated carbocycles. The maximum Gasteiger partial charge on any atom is 0.271 e. The van der Waals surface area contributed by atoms with Crippen molar-refractivity contribution in [2.24, 2.45) is 0 Å². The van der Waals surface area contributed by atoms with Crippen molar-refractivity contribution in [2.75, 3.05) is 6.54 Å². The largest absolute Gasteiger partial charge is 0.328 e. The number of hydrazine groups is 1. The third kappa shape index (κ3) is 2.30. The molecular formula is C8H12F2N2. The molecule has 0 aromatic heterocycles. The third-order valence-corrected chi connectivity index (χ3v) is 1.61. The Hall–Kier alpha value is -0.900. The van der Waals surface area contributed by atoms with Crippen LogP contribution in [0.4, 0.5) is 8.78 Å². The normalized spacial score (nSPS) is 19.0. The zero-order valence-corrected chi connectivity index (χ0v) is 7.12. The minimum atomic E-state index is -2.78. The van der Waals surface area contributed by atoms with Gasteiger partial charge in [-0.3, -0.25) is 0 Å². The number of rotatable bonds is 1. The molecule has 2 N–H and O–H groups in total. The lowest BCUT2D eigenvalue weighted by molar-refractivity contribution is 0.0669. The molecule has 2 nitrogen and oxygen atoms in total. The fourth-order valence-electron chi connectivity index (χ4n) is 0.931. The van der Waals surface area contributed by atoms with Crippen LogP contribution in [-0.4, -0.2) is 12.5 Å². The monoisotopic (exact) mass is 174 g/mol. The molecule has 1 aliphatic rings. The van der Waals surface area contributed by atoms with Gasteiger partial charge in [0.05, 0.1) is 0 Å². The average Bonchev–Trinajstić information content (AvgIpc) is 2.11. The predicted molar refractivity (Wildman–Crippen MR) is 43.6 cm³/mol. The minimum absolute atomic E-state index is 0.00463. The quantitative estimate of drug-likeness (QED) is 0.630. The summed E-state index contributed by atoms with van der Waals surface area (Å²) in [4.78, 5) is 0. The fourth-order valence-corrected chi connectivity index (χ4v) is 0.931. The van der Waals surface area contributed by atoms with Crippen molar-refractivity contribution < 1.29 is 8.78 Å². The summed E-state index contributed by atoms with van der Waals surface area (Å²) in [6, 6.07) is 0. The first kappa shape index (κ1) is 9.19. The molecule has 0 aliphatic carbocycles. The van der Waals surface area contributed by atoms with E-state index >= 15 is 0 Å². The molecule has 0 bridgehead atoms. The number of alkyl halides is 2. The van der Waals surface area contributed by atoms with E-state index < -0.39 is 5.92 Å². The van der Waals surface area contributed by atoms with Crippen LogP contribution in [-0.2, 0) is 0 Å². The maximum atomic E-state index is 12.8. The highest BCUT2D eigenvalue weighted by Crippen LogP contribution is 2.24. The minimum Gasteiger partial charge on any atom is -0.328 e. The molecule has 0 aromatic rings. The van der Waals surface area contributed by atoms with Crippen LogP contribution in [0.2, 0.25) is 0 Å². The van der Waals surface area contributed by atoms with E-state index in [1.54, 1.807) is 6.92 Å². The molecule has 0 saturated heterocycles. The first-order valence-corrected chi connectivity index (χ1v) is 3.74. The van der Waals surface area contributed by atoms with Crippen molar-refractivity contribution in [1.82, 2.24) is 10.9 Å². The van der Waals surface area contributed by atoms with Gasteiger partial charge in [-0.15, -0.1) is 0 Å². The van der Waals surface area contributed by atoms with E-state index in [2.05, 4.69) is 10.9 Å². The summed E-state index contributed by atoms with van der Waals surface area (Å²) in [5.41, 5.74) is 6.25. The summed E-state index contributed by atoms with van der Waals surface area (Å²) < 4.78 is 25.6. The van der Waals surface area contributed by atoms with Crippen LogP contribution in [0.3, 0.4) is 0 Å². The lowest BCUT2D eigenvalue weighted by Gasteiger charge is -2.10. The van der Waals surface area contributed by atoms with E-state index in [-0.39, 0.29) is 5.57 Å². The fraction of sp³-hybridized carbons (Fsp3) is 0.500. The molecular weight excluding hydrogens is 162 g/mol. The number of hydrogen-bond acceptors (Lipinski definition) is 2. The first-order valence-electron chi connectivity index (χ1n) is 3.74. The molecule has 0 fully saturated rings. The zero-order chi connectivity index (χ0) is 9.19. The van der Waals surface area contributed by atoms with Crippen LogP contribution in [0.1, 0.15) is 13.8 Å². The summed E-state index contributed by atoms with van der Waals surface area (Å²) in [6.07, 6.45) is 2.78. The molecule has 1 rings (SSSR count). The Morgan fingerprint density at radius 3 is 2.75 bits per heavy atom. The van der Waals surface area contributed by atoms with Crippen LogP contribution in [0.5, 0.6) is 0 Å². The van der Waals surface area contributed by atoms with Crippen molar-refractivity contribution in [3.63, 3.8) is 0 Å². The first-order chi connectivity index (χ1) is 5.50. The molecule has 0 atom stereocenters. The van der Waals surface area contributed by atoms with Gasteiger partial charge in [-0.25, -0.2) is 14.2 Å². The Kier molecular flexibility index (Phi) is 2.47. The van der Waals surface area contributed by atoms with Gasteiger partial charge in [0, 0.05) is 25.2 Å². The van der Waals surface area contributed by atoms with E-state index in [0.717, 1.165) is 12.5 Å². The Balaban J connectivity index is 2.86. The number of halogens is 2. The van der Waals surface area contributed by atoms with Crippen LogP contribution >= 0.6 is 0 Å². The van der Waals surface area contributed by atoms with Crippen molar-refractivity contribution in [3.8, 4) is 0 Å². The predicted octanol–water partition coefficient (Wildman–Crippen LogP) is 1.58. The van der Waals surface area contributed by atoms with Gasteiger partial charge in [-0.2, -0.15) is 0 Å². The van der Waals surface area contributed by atoms with Gasteiger partial charge in [0.2, 0.25) is 0 Å². The summed E-state index contributed by atoms with van der Waals surface area (Å²) in [5, 5.41) is 0. The van der Waals surface area contributed by atoms with Gasteiger partial charge in [0.1, 0.15) is 0 Å². The molecule has 0 spiro atoms. The molecule has 0 amide bonds. The summed E-state index contributed by atoms with van der Waals surface area (Å²) in [6.45, 7) is 3.27. The summed E-state index contributed by atoms with van der Waals surface area (Å²) in [5.74, 6) is -2.78. The molecule has 0 unspecified atom stereocenters. The summed E-state index contributed by atoms with van der Waals surface area (Å²) >= 11 is 0.